The van der Waals surface area contributed by atoms with Gasteiger partial charge in [0.25, 0.3) is 0 Å². The van der Waals surface area contributed by atoms with E-state index in [1.54, 1.807) is 0 Å². The van der Waals surface area contributed by atoms with Gasteiger partial charge in [-0.25, -0.2) is 4.79 Å². The topological polar surface area (TPSA) is 50.4 Å². The van der Waals surface area contributed by atoms with Crippen molar-refractivity contribution in [3.63, 3.8) is 0 Å². The summed E-state index contributed by atoms with van der Waals surface area (Å²) in [7, 11) is 0. The van der Waals surface area contributed by atoms with Gasteiger partial charge in [0.05, 0.1) is 6.54 Å². The van der Waals surface area contributed by atoms with Crippen LogP contribution in [0.1, 0.15) is 30.5 Å². The quantitative estimate of drug-likeness (QED) is 0.839. The predicted molar refractivity (Wildman–Crippen MR) is 81.3 cm³/mol. The van der Waals surface area contributed by atoms with E-state index in [4.69, 9.17) is 11.2 Å². The Morgan fingerprint density at radius 2 is 2.35 bits per heavy atom. The second kappa shape index (κ2) is 7.78. The van der Waals surface area contributed by atoms with Gasteiger partial charge in [0.2, 0.25) is 0 Å². The fourth-order valence-electron chi connectivity index (χ4n) is 2.34. The molecule has 2 N–H and O–H groups in total. The molecule has 20 heavy (non-hydrogen) atoms. The summed E-state index contributed by atoms with van der Waals surface area (Å²) in [5.74, 6) is 3.17. The first-order chi connectivity index (χ1) is 9.24. The van der Waals surface area contributed by atoms with Crippen LogP contribution in [0.25, 0.3) is 0 Å². The summed E-state index contributed by atoms with van der Waals surface area (Å²) in [6, 6.07) is 6.07. The van der Waals surface area contributed by atoms with Crippen LogP contribution in [0.15, 0.2) is 18.2 Å². The van der Waals surface area contributed by atoms with Crippen molar-refractivity contribution in [1.82, 2.24) is 10.6 Å². The first-order valence-corrected chi connectivity index (χ1v) is 6.50. The van der Waals surface area contributed by atoms with E-state index < -0.39 is 6.09 Å². The van der Waals surface area contributed by atoms with Crippen LogP contribution < -0.4 is 15.4 Å². The zero-order chi connectivity index (χ0) is 13.7. The van der Waals surface area contributed by atoms with Crippen molar-refractivity contribution in [1.29, 1.82) is 0 Å². The SMILES string of the molecule is C#CCNC1CCc2cc(OC(=O)NCC)ccc21.Cl. The number of fused-ring (bicyclic) bond motifs is 1. The van der Waals surface area contributed by atoms with Crippen molar-refractivity contribution in [3.8, 4) is 18.1 Å². The molecule has 108 valence electrons. The van der Waals surface area contributed by atoms with Gasteiger partial charge in [-0.1, -0.05) is 12.0 Å². The Labute approximate surface area is 125 Å². The van der Waals surface area contributed by atoms with Gasteiger partial charge in [0, 0.05) is 12.6 Å². The molecule has 0 spiro atoms. The molecule has 1 aromatic carbocycles. The molecular weight excluding hydrogens is 276 g/mol. The molecule has 0 saturated heterocycles. The van der Waals surface area contributed by atoms with E-state index >= 15 is 0 Å². The summed E-state index contributed by atoms with van der Waals surface area (Å²) in [4.78, 5) is 11.4. The number of aryl methyl sites for hydroxylation is 1. The van der Waals surface area contributed by atoms with Crippen molar-refractivity contribution in [2.45, 2.75) is 25.8 Å². The number of terminal acetylenes is 1. The number of carbonyl (C=O) groups excluding carboxylic acids is 1. The highest BCUT2D eigenvalue weighted by Crippen LogP contribution is 2.33. The first kappa shape index (κ1) is 16.4. The normalized spacial score (nSPS) is 15.7. The van der Waals surface area contributed by atoms with Gasteiger partial charge >= 0.3 is 6.09 Å². The van der Waals surface area contributed by atoms with Crippen LogP contribution in [0.5, 0.6) is 5.75 Å². The number of benzene rings is 1. The zero-order valence-corrected chi connectivity index (χ0v) is 12.3. The maximum absolute atomic E-state index is 11.4. The molecule has 5 heteroatoms. The summed E-state index contributed by atoms with van der Waals surface area (Å²) in [5, 5.41) is 5.91. The van der Waals surface area contributed by atoms with E-state index in [0.717, 1.165) is 12.8 Å². The Morgan fingerprint density at radius 1 is 1.55 bits per heavy atom. The van der Waals surface area contributed by atoms with Gasteiger partial charge in [-0.15, -0.1) is 18.8 Å². The lowest BCUT2D eigenvalue weighted by Crippen LogP contribution is -2.26. The fourth-order valence-corrected chi connectivity index (χ4v) is 2.34. The van der Waals surface area contributed by atoms with E-state index in [1.165, 1.54) is 11.1 Å². The molecule has 4 nitrogen and oxygen atoms in total. The maximum atomic E-state index is 11.4. The van der Waals surface area contributed by atoms with Crippen LogP contribution in [0.3, 0.4) is 0 Å². The van der Waals surface area contributed by atoms with Crippen molar-refractivity contribution in [2.24, 2.45) is 0 Å². The first-order valence-electron chi connectivity index (χ1n) is 6.50. The number of hydrogen-bond donors (Lipinski definition) is 2. The zero-order valence-electron chi connectivity index (χ0n) is 11.4. The third kappa shape index (κ3) is 3.89. The molecule has 1 amide bonds. The van der Waals surface area contributed by atoms with Gasteiger partial charge in [0.1, 0.15) is 5.75 Å². The van der Waals surface area contributed by atoms with E-state index in [2.05, 4.69) is 16.6 Å². The summed E-state index contributed by atoms with van der Waals surface area (Å²) in [6.07, 6.45) is 6.85. The van der Waals surface area contributed by atoms with Gasteiger partial charge < -0.3 is 10.1 Å². The number of rotatable bonds is 4. The van der Waals surface area contributed by atoms with Crippen LogP contribution in [0.2, 0.25) is 0 Å². The average Bonchev–Trinajstić information content (AvgIpc) is 2.79. The number of ether oxygens (including phenoxy) is 1. The summed E-state index contributed by atoms with van der Waals surface area (Å²) < 4.78 is 5.19. The Morgan fingerprint density at radius 3 is 3.05 bits per heavy atom. The van der Waals surface area contributed by atoms with Crippen LogP contribution in [-0.2, 0) is 6.42 Å². The number of halogens is 1. The highest BCUT2D eigenvalue weighted by atomic mass is 35.5. The smallest absolute Gasteiger partial charge is 0.410 e. The Hall–Kier alpha value is -1.70. The monoisotopic (exact) mass is 294 g/mol. The van der Waals surface area contributed by atoms with Crippen LogP contribution in [0, 0.1) is 12.3 Å². The predicted octanol–water partition coefficient (Wildman–Crippen LogP) is 2.43. The second-order valence-electron chi connectivity index (χ2n) is 4.46. The lowest BCUT2D eigenvalue weighted by molar-refractivity contribution is 0.201. The maximum Gasteiger partial charge on any atom is 0.412 e. The molecule has 1 unspecified atom stereocenters. The van der Waals surface area contributed by atoms with Gasteiger partial charge in [-0.05, 0) is 43.0 Å². The lowest BCUT2D eigenvalue weighted by Gasteiger charge is -2.12. The van der Waals surface area contributed by atoms with Gasteiger partial charge in [-0.3, -0.25) is 5.32 Å². The minimum atomic E-state index is -0.414. The largest absolute Gasteiger partial charge is 0.412 e. The molecule has 0 aromatic heterocycles. The third-order valence-corrected chi connectivity index (χ3v) is 3.17. The van der Waals surface area contributed by atoms with E-state index in [0.29, 0.717) is 24.9 Å². The summed E-state index contributed by atoms with van der Waals surface area (Å²) in [6.45, 7) is 2.98. The highest BCUT2D eigenvalue weighted by molar-refractivity contribution is 5.85. The molecule has 1 aliphatic carbocycles. The summed E-state index contributed by atoms with van der Waals surface area (Å²) >= 11 is 0. The van der Waals surface area contributed by atoms with Gasteiger partial charge in [0.15, 0.2) is 0 Å². The number of amides is 1. The molecule has 0 aliphatic heterocycles. The summed E-state index contributed by atoms with van der Waals surface area (Å²) in [5.41, 5.74) is 2.47. The average molecular weight is 295 g/mol. The molecule has 0 radical (unpaired) electrons. The molecule has 2 rings (SSSR count). The molecule has 1 atom stereocenters. The molecular formula is C15H19ClN2O2. The van der Waals surface area contributed by atoms with Crippen molar-refractivity contribution >= 4 is 18.5 Å². The molecule has 0 fully saturated rings. The molecule has 0 heterocycles. The number of carbonyl (C=O) groups is 1. The third-order valence-electron chi connectivity index (χ3n) is 3.17. The number of nitrogens with one attached hydrogen (secondary N) is 2. The minimum absolute atomic E-state index is 0. The Balaban J connectivity index is 0.00000200. The molecule has 1 aromatic rings. The van der Waals surface area contributed by atoms with Crippen molar-refractivity contribution < 1.29 is 9.53 Å². The fraction of sp³-hybridized carbons (Fsp3) is 0.400. The number of hydrogen-bond acceptors (Lipinski definition) is 3. The van der Waals surface area contributed by atoms with Crippen molar-refractivity contribution in [3.05, 3.63) is 29.3 Å². The molecule has 1 aliphatic rings. The van der Waals surface area contributed by atoms with E-state index in [-0.39, 0.29) is 12.4 Å². The Kier molecular flexibility index (Phi) is 6.37. The van der Waals surface area contributed by atoms with Gasteiger partial charge in [-0.2, -0.15) is 0 Å². The highest BCUT2D eigenvalue weighted by Gasteiger charge is 2.22. The van der Waals surface area contributed by atoms with Crippen LogP contribution in [0.4, 0.5) is 4.79 Å². The van der Waals surface area contributed by atoms with E-state index in [9.17, 15) is 4.79 Å². The molecule has 0 saturated carbocycles. The molecule has 0 bridgehead atoms. The van der Waals surface area contributed by atoms with Crippen LogP contribution in [-0.4, -0.2) is 19.2 Å². The Bertz CT molecular complexity index is 511. The lowest BCUT2D eigenvalue weighted by atomic mass is 10.1. The van der Waals surface area contributed by atoms with Crippen LogP contribution >= 0.6 is 12.4 Å². The standard InChI is InChI=1S/C15H18N2O2.ClH/c1-3-9-17-14-8-5-11-10-12(6-7-13(11)14)19-15(18)16-4-2;/h1,6-7,10,14,17H,4-5,8-9H2,2H3,(H,16,18);1H. The minimum Gasteiger partial charge on any atom is -0.410 e. The van der Waals surface area contributed by atoms with Crippen molar-refractivity contribution in [2.75, 3.05) is 13.1 Å². The van der Waals surface area contributed by atoms with E-state index in [1.807, 2.05) is 25.1 Å². The second-order valence-corrected chi connectivity index (χ2v) is 4.46.